The highest BCUT2D eigenvalue weighted by molar-refractivity contribution is 5.93. The van der Waals surface area contributed by atoms with E-state index in [0.29, 0.717) is 34.3 Å². The van der Waals surface area contributed by atoms with Gasteiger partial charge in [0, 0.05) is 24.0 Å². The van der Waals surface area contributed by atoms with Crippen LogP contribution in [0.1, 0.15) is 21.9 Å². The Kier molecular flexibility index (Phi) is 4.40. The number of hydrogen-bond acceptors (Lipinski definition) is 7. The quantitative estimate of drug-likeness (QED) is 0.547. The monoisotopic (exact) mass is 379 g/mol. The first kappa shape index (κ1) is 17.5. The van der Waals surface area contributed by atoms with Crippen molar-refractivity contribution in [3.8, 4) is 23.0 Å². The summed E-state index contributed by atoms with van der Waals surface area (Å²) in [7, 11) is 1.48. The summed E-state index contributed by atoms with van der Waals surface area (Å²) in [6.07, 6.45) is 3.35. The fraction of sp³-hybridized carbons (Fsp3) is 0.158. The molecule has 0 aliphatic carbocycles. The van der Waals surface area contributed by atoms with Gasteiger partial charge in [-0.2, -0.15) is 5.10 Å². The SMILES string of the molecule is COc1ccc(-c2nc(CNC(=O)c3cc4ncccn4n3)c(C)o2)cc1O. The Bertz CT molecular complexity index is 1130. The van der Waals surface area contributed by atoms with Crippen LogP contribution in [0.15, 0.2) is 47.1 Å². The van der Waals surface area contributed by atoms with Crippen molar-refractivity contribution in [1.29, 1.82) is 0 Å². The lowest BCUT2D eigenvalue weighted by molar-refractivity contribution is 0.0945. The molecule has 0 spiro atoms. The number of benzene rings is 1. The Morgan fingerprint density at radius 1 is 1.36 bits per heavy atom. The standard InChI is InChI=1S/C19H17N5O4/c1-11-14(22-19(28-11)12-4-5-16(27-2)15(25)8-12)10-21-18(26)13-9-17-20-6-3-7-24(17)23-13/h3-9,25H,10H2,1-2H3,(H,21,26). The number of hydrogen-bond donors (Lipinski definition) is 2. The summed E-state index contributed by atoms with van der Waals surface area (Å²) < 4.78 is 12.2. The minimum atomic E-state index is -0.337. The van der Waals surface area contributed by atoms with Crippen LogP contribution in [0, 0.1) is 6.92 Å². The van der Waals surface area contributed by atoms with Crippen molar-refractivity contribution >= 4 is 11.6 Å². The number of fused-ring (bicyclic) bond motifs is 1. The third-order valence-corrected chi connectivity index (χ3v) is 4.20. The zero-order valence-corrected chi connectivity index (χ0v) is 15.2. The third kappa shape index (κ3) is 3.25. The van der Waals surface area contributed by atoms with E-state index in [2.05, 4.69) is 20.4 Å². The Hall–Kier alpha value is -3.88. The zero-order valence-electron chi connectivity index (χ0n) is 15.2. The van der Waals surface area contributed by atoms with E-state index < -0.39 is 0 Å². The molecule has 142 valence electrons. The molecule has 0 saturated carbocycles. The summed E-state index contributed by atoms with van der Waals surface area (Å²) in [5.74, 6) is 0.933. The van der Waals surface area contributed by atoms with Gasteiger partial charge in [0.15, 0.2) is 22.8 Å². The zero-order chi connectivity index (χ0) is 19.7. The smallest absolute Gasteiger partial charge is 0.272 e. The van der Waals surface area contributed by atoms with Crippen molar-refractivity contribution in [3.63, 3.8) is 0 Å². The van der Waals surface area contributed by atoms with Crippen molar-refractivity contribution in [1.82, 2.24) is 24.9 Å². The van der Waals surface area contributed by atoms with Gasteiger partial charge in [0.25, 0.3) is 5.91 Å². The van der Waals surface area contributed by atoms with Crippen LogP contribution < -0.4 is 10.1 Å². The highest BCUT2D eigenvalue weighted by Crippen LogP contribution is 2.31. The van der Waals surface area contributed by atoms with Crippen molar-refractivity contribution in [2.45, 2.75) is 13.5 Å². The fourth-order valence-corrected chi connectivity index (χ4v) is 2.73. The van der Waals surface area contributed by atoms with Crippen LogP contribution in [0.3, 0.4) is 0 Å². The van der Waals surface area contributed by atoms with Crippen molar-refractivity contribution in [3.05, 3.63) is 59.9 Å². The highest BCUT2D eigenvalue weighted by atomic mass is 16.5. The maximum absolute atomic E-state index is 12.4. The van der Waals surface area contributed by atoms with Gasteiger partial charge in [0.05, 0.1) is 13.7 Å². The number of amides is 1. The van der Waals surface area contributed by atoms with Gasteiger partial charge in [0.2, 0.25) is 5.89 Å². The third-order valence-electron chi connectivity index (χ3n) is 4.20. The van der Waals surface area contributed by atoms with Gasteiger partial charge in [-0.15, -0.1) is 0 Å². The summed E-state index contributed by atoms with van der Waals surface area (Å²) in [6.45, 7) is 1.94. The maximum atomic E-state index is 12.4. The first-order chi connectivity index (χ1) is 13.5. The van der Waals surface area contributed by atoms with Crippen molar-refractivity contribution in [2.24, 2.45) is 0 Å². The van der Waals surface area contributed by atoms with Crippen LogP contribution in [0.25, 0.3) is 17.1 Å². The molecular weight excluding hydrogens is 362 g/mol. The average molecular weight is 379 g/mol. The van der Waals surface area contributed by atoms with Crippen LogP contribution in [-0.2, 0) is 6.54 Å². The van der Waals surface area contributed by atoms with Gasteiger partial charge < -0.3 is 19.6 Å². The van der Waals surface area contributed by atoms with Gasteiger partial charge in [0.1, 0.15) is 11.5 Å². The lowest BCUT2D eigenvalue weighted by Crippen LogP contribution is -2.23. The molecule has 1 amide bonds. The number of carbonyl (C=O) groups is 1. The summed E-state index contributed by atoms with van der Waals surface area (Å²) in [4.78, 5) is 20.9. The molecule has 0 atom stereocenters. The molecule has 1 aromatic carbocycles. The molecule has 0 aliphatic heterocycles. The normalized spacial score (nSPS) is 10.9. The van der Waals surface area contributed by atoms with E-state index in [0.717, 1.165) is 0 Å². The van der Waals surface area contributed by atoms with E-state index in [-0.39, 0.29) is 23.9 Å². The highest BCUT2D eigenvalue weighted by Gasteiger charge is 2.16. The molecule has 0 bridgehead atoms. The second kappa shape index (κ2) is 7.03. The number of aromatic nitrogens is 4. The number of carbonyl (C=O) groups excluding carboxylic acids is 1. The van der Waals surface area contributed by atoms with Crippen LogP contribution in [0.2, 0.25) is 0 Å². The van der Waals surface area contributed by atoms with Crippen LogP contribution in [0.4, 0.5) is 0 Å². The minimum absolute atomic E-state index is 0.00818. The number of phenolic OH excluding ortho intramolecular Hbond substituents is 1. The molecule has 0 aliphatic rings. The molecule has 4 rings (SSSR count). The van der Waals surface area contributed by atoms with E-state index in [1.807, 2.05) is 0 Å². The van der Waals surface area contributed by atoms with Gasteiger partial charge in [-0.25, -0.2) is 14.5 Å². The lowest BCUT2D eigenvalue weighted by atomic mass is 10.2. The largest absolute Gasteiger partial charge is 0.504 e. The number of phenols is 1. The van der Waals surface area contributed by atoms with Crippen LogP contribution in [0.5, 0.6) is 11.5 Å². The second-order valence-electron chi connectivity index (χ2n) is 6.04. The number of rotatable bonds is 5. The molecule has 4 aromatic rings. The molecule has 9 heteroatoms. The van der Waals surface area contributed by atoms with Gasteiger partial charge in [-0.3, -0.25) is 4.79 Å². The second-order valence-corrected chi connectivity index (χ2v) is 6.04. The van der Waals surface area contributed by atoms with E-state index in [1.54, 1.807) is 43.6 Å². The Labute approximate surface area is 159 Å². The molecule has 0 saturated heterocycles. The maximum Gasteiger partial charge on any atom is 0.272 e. The Balaban J connectivity index is 1.49. The number of aryl methyl sites for hydroxylation is 1. The molecule has 0 fully saturated rings. The predicted octanol–water partition coefficient (Wildman–Crippen LogP) is 2.34. The molecule has 3 aromatic heterocycles. The van der Waals surface area contributed by atoms with Crippen LogP contribution >= 0.6 is 0 Å². The number of oxazole rings is 1. The first-order valence-electron chi connectivity index (χ1n) is 8.47. The van der Waals surface area contributed by atoms with Crippen LogP contribution in [-0.4, -0.2) is 37.7 Å². The Morgan fingerprint density at radius 3 is 2.96 bits per heavy atom. The summed E-state index contributed by atoms with van der Waals surface area (Å²) in [6, 6.07) is 8.21. The van der Waals surface area contributed by atoms with Gasteiger partial charge >= 0.3 is 0 Å². The predicted molar refractivity (Wildman–Crippen MR) is 99.1 cm³/mol. The van der Waals surface area contributed by atoms with E-state index >= 15 is 0 Å². The molecule has 0 radical (unpaired) electrons. The number of ether oxygens (including phenoxy) is 1. The number of nitrogens with one attached hydrogen (secondary N) is 1. The molecule has 28 heavy (non-hydrogen) atoms. The van der Waals surface area contributed by atoms with E-state index in [4.69, 9.17) is 9.15 Å². The molecule has 9 nitrogen and oxygen atoms in total. The topological polar surface area (TPSA) is 115 Å². The van der Waals surface area contributed by atoms with Gasteiger partial charge in [-0.1, -0.05) is 0 Å². The van der Waals surface area contributed by atoms with Gasteiger partial charge in [-0.05, 0) is 31.2 Å². The number of methoxy groups -OCH3 is 1. The lowest BCUT2D eigenvalue weighted by Gasteiger charge is -2.03. The fourth-order valence-electron chi connectivity index (χ4n) is 2.73. The summed E-state index contributed by atoms with van der Waals surface area (Å²) >= 11 is 0. The molecule has 3 heterocycles. The van der Waals surface area contributed by atoms with E-state index in [9.17, 15) is 9.90 Å². The Morgan fingerprint density at radius 2 is 2.21 bits per heavy atom. The number of aromatic hydroxyl groups is 1. The number of nitrogens with zero attached hydrogens (tertiary/aromatic N) is 4. The van der Waals surface area contributed by atoms with Crippen molar-refractivity contribution in [2.75, 3.05) is 7.11 Å². The summed E-state index contributed by atoms with van der Waals surface area (Å²) in [5.41, 5.74) is 2.04. The van der Waals surface area contributed by atoms with E-state index in [1.165, 1.54) is 17.7 Å². The first-order valence-corrected chi connectivity index (χ1v) is 8.47. The molecule has 0 unspecified atom stereocenters. The average Bonchev–Trinajstić information content (AvgIpc) is 3.29. The van der Waals surface area contributed by atoms with Crippen molar-refractivity contribution < 1.29 is 19.1 Å². The molecular formula is C19H17N5O4. The molecule has 2 N–H and O–H groups in total. The summed E-state index contributed by atoms with van der Waals surface area (Å²) in [5, 5.41) is 16.9. The minimum Gasteiger partial charge on any atom is -0.504 e.